The van der Waals surface area contributed by atoms with E-state index in [2.05, 4.69) is 15.3 Å². The molecule has 2 N–H and O–H groups in total. The van der Waals surface area contributed by atoms with Crippen LogP contribution in [0.4, 0.5) is 4.79 Å². The highest BCUT2D eigenvalue weighted by molar-refractivity contribution is 6.35. The summed E-state index contributed by atoms with van der Waals surface area (Å²) in [5.41, 5.74) is 1.09. The van der Waals surface area contributed by atoms with Gasteiger partial charge in [0, 0.05) is 24.3 Å². The molecule has 0 aromatic carbocycles. The van der Waals surface area contributed by atoms with Crippen molar-refractivity contribution in [1.82, 2.24) is 15.3 Å². The number of nitrogens with zero attached hydrogens (tertiary/aromatic N) is 1. The molecule has 0 atom stereocenters. The number of H-pyrrole nitrogens is 1. The number of aromatic amines is 1. The average molecular weight is 282 g/mol. The van der Waals surface area contributed by atoms with Crippen molar-refractivity contribution in [2.45, 2.75) is 32.9 Å². The van der Waals surface area contributed by atoms with Crippen molar-refractivity contribution < 1.29 is 9.53 Å². The highest BCUT2D eigenvalue weighted by atomic mass is 35.5. The van der Waals surface area contributed by atoms with E-state index in [4.69, 9.17) is 16.3 Å². The Morgan fingerprint density at radius 1 is 1.53 bits per heavy atom. The predicted molar refractivity (Wildman–Crippen MR) is 74.2 cm³/mol. The highest BCUT2D eigenvalue weighted by Gasteiger charge is 2.15. The molecule has 0 aliphatic heterocycles. The second kappa shape index (κ2) is 5.09. The maximum Gasteiger partial charge on any atom is 0.407 e. The van der Waals surface area contributed by atoms with Crippen molar-refractivity contribution in [3.63, 3.8) is 0 Å². The molecular formula is C13H16ClN3O2. The van der Waals surface area contributed by atoms with Gasteiger partial charge in [0.1, 0.15) is 11.2 Å². The number of carbonyl (C=O) groups excluding carboxylic acids is 1. The molecule has 0 spiro atoms. The molecule has 0 fully saturated rings. The number of alkyl carbamates (subject to hydrolysis) is 1. The van der Waals surface area contributed by atoms with Crippen LogP contribution in [-0.4, -0.2) is 21.7 Å². The first-order valence-electron chi connectivity index (χ1n) is 5.93. The molecule has 6 heteroatoms. The molecule has 2 aromatic heterocycles. The van der Waals surface area contributed by atoms with Gasteiger partial charge in [0.05, 0.1) is 5.02 Å². The first-order valence-corrected chi connectivity index (χ1v) is 6.31. The van der Waals surface area contributed by atoms with Crippen molar-refractivity contribution in [2.24, 2.45) is 0 Å². The Morgan fingerprint density at radius 3 is 2.95 bits per heavy atom. The van der Waals surface area contributed by atoms with E-state index in [0.717, 1.165) is 16.6 Å². The quantitative estimate of drug-likeness (QED) is 0.888. The number of aromatic nitrogens is 2. The number of nitrogens with one attached hydrogen (secondary N) is 2. The van der Waals surface area contributed by atoms with Crippen LogP contribution in [0.25, 0.3) is 11.0 Å². The van der Waals surface area contributed by atoms with Crippen LogP contribution in [0.3, 0.4) is 0 Å². The molecule has 1 amide bonds. The van der Waals surface area contributed by atoms with E-state index in [-0.39, 0.29) is 0 Å². The van der Waals surface area contributed by atoms with Gasteiger partial charge in [-0.1, -0.05) is 11.6 Å². The zero-order valence-electron chi connectivity index (χ0n) is 11.1. The Balaban J connectivity index is 2.02. The summed E-state index contributed by atoms with van der Waals surface area (Å²) in [5.74, 6) is 0. The maximum atomic E-state index is 11.5. The summed E-state index contributed by atoms with van der Waals surface area (Å²) in [6.45, 7) is 5.80. The van der Waals surface area contributed by atoms with Crippen molar-refractivity contribution in [3.8, 4) is 0 Å². The maximum absolute atomic E-state index is 11.5. The Kier molecular flexibility index (Phi) is 3.66. The summed E-state index contributed by atoms with van der Waals surface area (Å²) in [5, 5.41) is 4.13. The summed E-state index contributed by atoms with van der Waals surface area (Å²) >= 11 is 6.01. The molecule has 2 aromatic rings. The zero-order valence-corrected chi connectivity index (χ0v) is 11.8. The van der Waals surface area contributed by atoms with E-state index in [1.807, 2.05) is 26.8 Å². The Hall–Kier alpha value is -1.75. The van der Waals surface area contributed by atoms with Crippen LogP contribution >= 0.6 is 11.6 Å². The minimum Gasteiger partial charge on any atom is -0.444 e. The van der Waals surface area contributed by atoms with E-state index >= 15 is 0 Å². The second-order valence-electron chi connectivity index (χ2n) is 5.23. The molecule has 0 saturated carbocycles. The largest absolute Gasteiger partial charge is 0.444 e. The number of ether oxygens (including phenoxy) is 1. The second-order valence-corrected chi connectivity index (χ2v) is 5.64. The molecule has 0 aliphatic rings. The third kappa shape index (κ3) is 3.61. The lowest BCUT2D eigenvalue weighted by atomic mass is 10.2. The number of hydrogen-bond donors (Lipinski definition) is 2. The number of hydrogen-bond acceptors (Lipinski definition) is 3. The molecule has 5 nitrogen and oxygen atoms in total. The van der Waals surface area contributed by atoms with Crippen molar-refractivity contribution in [1.29, 1.82) is 0 Å². The molecule has 0 radical (unpaired) electrons. The number of fused-ring (bicyclic) bond motifs is 1. The molecule has 2 heterocycles. The number of amides is 1. The highest BCUT2D eigenvalue weighted by Crippen LogP contribution is 2.22. The summed E-state index contributed by atoms with van der Waals surface area (Å²) in [6, 6.07) is 1.89. The van der Waals surface area contributed by atoms with Crippen LogP contribution in [0, 0.1) is 0 Å². The molecule has 0 unspecified atom stereocenters. The molecule has 19 heavy (non-hydrogen) atoms. The van der Waals surface area contributed by atoms with Crippen LogP contribution in [0.15, 0.2) is 18.5 Å². The fraction of sp³-hybridized carbons (Fsp3) is 0.385. The zero-order chi connectivity index (χ0) is 14.0. The van der Waals surface area contributed by atoms with Crippen molar-refractivity contribution >= 4 is 28.7 Å². The molecule has 0 aliphatic carbocycles. The van der Waals surface area contributed by atoms with E-state index < -0.39 is 11.7 Å². The molecule has 0 bridgehead atoms. The van der Waals surface area contributed by atoms with Crippen molar-refractivity contribution in [3.05, 3.63) is 29.0 Å². The van der Waals surface area contributed by atoms with Gasteiger partial charge in [0.2, 0.25) is 0 Å². The average Bonchev–Trinajstić information content (AvgIpc) is 2.66. The van der Waals surface area contributed by atoms with Crippen LogP contribution in [-0.2, 0) is 11.3 Å². The normalized spacial score (nSPS) is 11.6. The van der Waals surface area contributed by atoms with E-state index in [1.54, 1.807) is 12.4 Å². The minimum absolute atomic E-state index is 0.347. The number of carbonyl (C=O) groups is 1. The van der Waals surface area contributed by atoms with Gasteiger partial charge in [-0.25, -0.2) is 9.78 Å². The fourth-order valence-corrected chi connectivity index (χ4v) is 1.80. The number of pyridine rings is 1. The monoisotopic (exact) mass is 281 g/mol. The van der Waals surface area contributed by atoms with Gasteiger partial charge < -0.3 is 15.0 Å². The van der Waals surface area contributed by atoms with Gasteiger partial charge >= 0.3 is 6.09 Å². The summed E-state index contributed by atoms with van der Waals surface area (Å²) in [4.78, 5) is 18.7. The Labute approximate surface area is 116 Å². The van der Waals surface area contributed by atoms with Crippen molar-refractivity contribution in [2.75, 3.05) is 0 Å². The molecular weight excluding hydrogens is 266 g/mol. The van der Waals surface area contributed by atoms with Crippen LogP contribution in [0.1, 0.15) is 26.3 Å². The SMILES string of the molecule is CC(C)(C)OC(=O)NCc1cnc2[nH]cc(Cl)c2c1. The minimum atomic E-state index is -0.504. The number of rotatable bonds is 2. The lowest BCUT2D eigenvalue weighted by molar-refractivity contribution is 0.0523. The smallest absolute Gasteiger partial charge is 0.407 e. The van der Waals surface area contributed by atoms with Gasteiger partial charge in [-0.3, -0.25) is 0 Å². The summed E-state index contributed by atoms with van der Waals surface area (Å²) < 4.78 is 5.15. The van der Waals surface area contributed by atoms with E-state index in [1.165, 1.54) is 0 Å². The Morgan fingerprint density at radius 2 is 2.26 bits per heavy atom. The van der Waals surface area contributed by atoms with Gasteiger partial charge in [0.25, 0.3) is 0 Å². The van der Waals surface area contributed by atoms with Gasteiger partial charge in [-0.05, 0) is 32.4 Å². The lowest BCUT2D eigenvalue weighted by Crippen LogP contribution is -2.32. The summed E-state index contributed by atoms with van der Waals surface area (Å²) in [6.07, 6.45) is 2.92. The number of halogens is 1. The first-order chi connectivity index (χ1) is 8.85. The molecule has 2 rings (SSSR count). The van der Waals surface area contributed by atoms with Crippen LogP contribution in [0.5, 0.6) is 0 Å². The first kappa shape index (κ1) is 13.7. The standard InChI is InChI=1S/C13H16ClN3O2/c1-13(2,3)19-12(18)17-6-8-4-9-10(14)7-16-11(9)15-5-8/h4-5,7H,6H2,1-3H3,(H,15,16)(H,17,18). The third-order valence-corrected chi connectivity index (χ3v) is 2.69. The van der Waals surface area contributed by atoms with Gasteiger partial charge in [-0.15, -0.1) is 0 Å². The van der Waals surface area contributed by atoms with Crippen LogP contribution in [0.2, 0.25) is 5.02 Å². The van der Waals surface area contributed by atoms with Gasteiger partial charge in [0.15, 0.2) is 0 Å². The van der Waals surface area contributed by atoms with Gasteiger partial charge in [-0.2, -0.15) is 0 Å². The van der Waals surface area contributed by atoms with E-state index in [9.17, 15) is 4.79 Å². The topological polar surface area (TPSA) is 67.0 Å². The lowest BCUT2D eigenvalue weighted by Gasteiger charge is -2.19. The fourth-order valence-electron chi connectivity index (χ4n) is 1.60. The predicted octanol–water partition coefficient (Wildman–Crippen LogP) is 3.24. The van der Waals surface area contributed by atoms with E-state index in [0.29, 0.717) is 11.6 Å². The molecule has 102 valence electrons. The van der Waals surface area contributed by atoms with Crippen LogP contribution < -0.4 is 5.32 Å². The Bertz CT molecular complexity index is 601. The molecule has 0 saturated heterocycles. The summed E-state index contributed by atoms with van der Waals surface area (Å²) in [7, 11) is 0. The third-order valence-electron chi connectivity index (χ3n) is 2.37.